The molecule has 1 rings (SSSR count). The molecule has 0 aromatic carbocycles. The van der Waals surface area contributed by atoms with E-state index in [0.717, 1.165) is 0 Å². The van der Waals surface area contributed by atoms with Crippen LogP contribution in [-0.2, 0) is 9.59 Å². The second-order valence-corrected chi connectivity index (χ2v) is 5.46. The number of rotatable bonds is 3. The molecular weight excluding hydrogens is 223 g/mol. The third kappa shape index (κ3) is 2.76. The molecule has 17 heavy (non-hydrogen) atoms. The number of nitrogens with one attached hydrogen (secondary N) is 1. The van der Waals surface area contributed by atoms with Gasteiger partial charge in [-0.05, 0) is 11.8 Å². The Kier molecular flexibility index (Phi) is 4.11. The van der Waals surface area contributed by atoms with Crippen molar-refractivity contribution < 1.29 is 14.0 Å². The van der Waals surface area contributed by atoms with Crippen LogP contribution in [0.25, 0.3) is 0 Å². The van der Waals surface area contributed by atoms with Crippen molar-refractivity contribution in [1.29, 1.82) is 0 Å². The Morgan fingerprint density at radius 2 is 1.94 bits per heavy atom. The molecule has 0 aromatic heterocycles. The number of halogens is 1. The minimum atomic E-state index is -0.623. The molecule has 1 heterocycles. The molecule has 2 atom stereocenters. The average molecular weight is 244 g/mol. The summed E-state index contributed by atoms with van der Waals surface area (Å²) in [6.07, 6.45) is 0.532. The first-order valence-corrected chi connectivity index (χ1v) is 5.99. The maximum atomic E-state index is 12.5. The molecule has 5 heteroatoms. The van der Waals surface area contributed by atoms with Gasteiger partial charge in [0.25, 0.3) is 0 Å². The summed E-state index contributed by atoms with van der Waals surface area (Å²) >= 11 is 0. The fourth-order valence-electron chi connectivity index (χ4n) is 2.25. The van der Waals surface area contributed by atoms with Crippen LogP contribution >= 0.6 is 0 Å². The highest BCUT2D eigenvalue weighted by Gasteiger charge is 2.45. The van der Waals surface area contributed by atoms with E-state index in [1.54, 1.807) is 0 Å². The first kappa shape index (κ1) is 13.9. The molecule has 4 nitrogen and oxygen atoms in total. The van der Waals surface area contributed by atoms with Gasteiger partial charge in [0.1, 0.15) is 18.8 Å². The van der Waals surface area contributed by atoms with Gasteiger partial charge in [-0.2, -0.15) is 0 Å². The smallest absolute Gasteiger partial charge is 0.245 e. The van der Waals surface area contributed by atoms with E-state index >= 15 is 0 Å². The zero-order valence-corrected chi connectivity index (χ0v) is 10.9. The fraction of sp³-hybridized carbons (Fsp3) is 0.833. The standard InChI is InChI=1S/C12H21FN2O2/c1-5-8-11(17)15(7-6-13)9(10(16)14-8)12(2,3)4/h8-9H,5-7H2,1-4H3,(H,14,16). The van der Waals surface area contributed by atoms with Crippen molar-refractivity contribution in [3.05, 3.63) is 0 Å². The van der Waals surface area contributed by atoms with Crippen molar-refractivity contribution in [1.82, 2.24) is 10.2 Å². The highest BCUT2D eigenvalue weighted by atomic mass is 19.1. The second kappa shape index (κ2) is 5.02. The molecule has 0 radical (unpaired) electrons. The van der Waals surface area contributed by atoms with Crippen LogP contribution in [0.5, 0.6) is 0 Å². The summed E-state index contributed by atoms with van der Waals surface area (Å²) in [5.41, 5.74) is -0.395. The third-order valence-electron chi connectivity index (χ3n) is 3.01. The average Bonchev–Trinajstić information content (AvgIpc) is 2.21. The molecule has 0 spiro atoms. The molecule has 1 aliphatic rings. The van der Waals surface area contributed by atoms with E-state index in [-0.39, 0.29) is 18.4 Å². The zero-order valence-electron chi connectivity index (χ0n) is 10.9. The number of carbonyl (C=O) groups is 2. The van der Waals surface area contributed by atoms with Gasteiger partial charge in [-0.15, -0.1) is 0 Å². The highest BCUT2D eigenvalue weighted by Crippen LogP contribution is 2.28. The molecule has 1 aliphatic heterocycles. The van der Waals surface area contributed by atoms with E-state index < -0.39 is 24.2 Å². The largest absolute Gasteiger partial charge is 0.342 e. The summed E-state index contributed by atoms with van der Waals surface area (Å²) in [6, 6.07) is -1.10. The summed E-state index contributed by atoms with van der Waals surface area (Å²) < 4.78 is 12.5. The summed E-state index contributed by atoms with van der Waals surface area (Å²) in [5, 5.41) is 2.71. The van der Waals surface area contributed by atoms with Crippen LogP contribution in [0.15, 0.2) is 0 Å². The van der Waals surface area contributed by atoms with Crippen molar-refractivity contribution in [2.45, 2.75) is 46.2 Å². The summed E-state index contributed by atoms with van der Waals surface area (Å²) in [4.78, 5) is 25.5. The molecule has 0 bridgehead atoms. The summed E-state index contributed by atoms with van der Waals surface area (Å²) in [5.74, 6) is -0.359. The van der Waals surface area contributed by atoms with Gasteiger partial charge in [0.15, 0.2) is 0 Å². The molecule has 0 aliphatic carbocycles. The number of piperazine rings is 1. The molecule has 98 valence electrons. The molecule has 1 N–H and O–H groups in total. The molecule has 2 amide bonds. The van der Waals surface area contributed by atoms with Crippen LogP contribution in [0.1, 0.15) is 34.1 Å². The van der Waals surface area contributed by atoms with Gasteiger partial charge < -0.3 is 10.2 Å². The van der Waals surface area contributed by atoms with Crippen LogP contribution in [0.2, 0.25) is 0 Å². The van der Waals surface area contributed by atoms with Gasteiger partial charge in [-0.3, -0.25) is 9.59 Å². The van der Waals surface area contributed by atoms with E-state index in [1.165, 1.54) is 4.90 Å². The van der Waals surface area contributed by atoms with Crippen LogP contribution < -0.4 is 5.32 Å². The normalized spacial score (nSPS) is 26.1. The quantitative estimate of drug-likeness (QED) is 0.808. The highest BCUT2D eigenvalue weighted by molar-refractivity contribution is 5.97. The number of amides is 2. The number of alkyl halides is 1. The van der Waals surface area contributed by atoms with Crippen molar-refractivity contribution in [2.75, 3.05) is 13.2 Å². The number of hydrogen-bond donors (Lipinski definition) is 1. The van der Waals surface area contributed by atoms with Crippen LogP contribution in [-0.4, -0.2) is 42.0 Å². The molecule has 1 fully saturated rings. The van der Waals surface area contributed by atoms with Crippen molar-refractivity contribution in [3.63, 3.8) is 0 Å². The molecule has 0 aromatic rings. The van der Waals surface area contributed by atoms with Crippen LogP contribution in [0, 0.1) is 5.41 Å². The Hall–Kier alpha value is -1.13. The second-order valence-electron chi connectivity index (χ2n) is 5.46. The lowest BCUT2D eigenvalue weighted by molar-refractivity contribution is -0.154. The molecule has 0 saturated carbocycles. The lowest BCUT2D eigenvalue weighted by Gasteiger charge is -2.44. The summed E-state index contributed by atoms with van der Waals surface area (Å²) in [6.45, 7) is 6.83. The van der Waals surface area contributed by atoms with Gasteiger partial charge in [0.2, 0.25) is 11.8 Å². The molecule has 2 unspecified atom stereocenters. The van der Waals surface area contributed by atoms with Crippen LogP contribution in [0.3, 0.4) is 0 Å². The number of carbonyl (C=O) groups excluding carboxylic acids is 2. The number of nitrogens with zero attached hydrogens (tertiary/aromatic N) is 1. The predicted molar refractivity (Wildman–Crippen MR) is 63.2 cm³/mol. The topological polar surface area (TPSA) is 49.4 Å². The van der Waals surface area contributed by atoms with E-state index in [0.29, 0.717) is 6.42 Å². The van der Waals surface area contributed by atoms with Gasteiger partial charge in [-0.1, -0.05) is 27.7 Å². The zero-order chi connectivity index (χ0) is 13.2. The van der Waals surface area contributed by atoms with Gasteiger partial charge >= 0.3 is 0 Å². The predicted octanol–water partition coefficient (Wildman–Crippen LogP) is 1.11. The first-order chi connectivity index (χ1) is 7.82. The van der Waals surface area contributed by atoms with Crippen molar-refractivity contribution in [2.24, 2.45) is 5.41 Å². The van der Waals surface area contributed by atoms with E-state index in [9.17, 15) is 14.0 Å². The maximum absolute atomic E-state index is 12.5. The Bertz CT molecular complexity index is 312. The Labute approximate surface area is 102 Å². The molecule has 1 saturated heterocycles. The van der Waals surface area contributed by atoms with E-state index in [4.69, 9.17) is 0 Å². The monoisotopic (exact) mass is 244 g/mol. The fourth-order valence-corrected chi connectivity index (χ4v) is 2.25. The lowest BCUT2D eigenvalue weighted by Crippen LogP contribution is -2.66. The lowest BCUT2D eigenvalue weighted by atomic mass is 9.83. The van der Waals surface area contributed by atoms with E-state index in [1.807, 2.05) is 27.7 Å². The minimum Gasteiger partial charge on any atom is -0.342 e. The van der Waals surface area contributed by atoms with Crippen molar-refractivity contribution in [3.8, 4) is 0 Å². The number of hydrogen-bond acceptors (Lipinski definition) is 2. The minimum absolute atomic E-state index is 0.00924. The maximum Gasteiger partial charge on any atom is 0.245 e. The Balaban J connectivity index is 3.02. The Morgan fingerprint density at radius 3 is 2.35 bits per heavy atom. The van der Waals surface area contributed by atoms with E-state index in [2.05, 4.69) is 5.32 Å². The summed E-state index contributed by atoms with van der Waals surface area (Å²) in [7, 11) is 0. The van der Waals surface area contributed by atoms with Gasteiger partial charge in [-0.25, -0.2) is 4.39 Å². The van der Waals surface area contributed by atoms with Crippen molar-refractivity contribution >= 4 is 11.8 Å². The SMILES string of the molecule is CCC1NC(=O)C(C(C)(C)C)N(CCF)C1=O. The van der Waals surface area contributed by atoms with Gasteiger partial charge in [0, 0.05) is 6.54 Å². The third-order valence-corrected chi connectivity index (χ3v) is 3.01. The van der Waals surface area contributed by atoms with Gasteiger partial charge in [0.05, 0.1) is 0 Å². The molecular formula is C12H21FN2O2. The Morgan fingerprint density at radius 1 is 1.35 bits per heavy atom. The first-order valence-electron chi connectivity index (χ1n) is 5.99. The van der Waals surface area contributed by atoms with Crippen LogP contribution in [0.4, 0.5) is 4.39 Å².